The van der Waals surface area contributed by atoms with Gasteiger partial charge in [0.15, 0.2) is 0 Å². The van der Waals surface area contributed by atoms with E-state index >= 15 is 0 Å². The van der Waals surface area contributed by atoms with Crippen LogP contribution in [0, 0.1) is 5.82 Å². The molecule has 0 bridgehead atoms. The summed E-state index contributed by atoms with van der Waals surface area (Å²) < 4.78 is 13.6. The number of carbonyl (C=O) groups is 1. The lowest BCUT2D eigenvalue weighted by Crippen LogP contribution is -2.42. The number of halogens is 1. The molecule has 0 radical (unpaired) electrons. The molecular weight excluding hydrogens is 207 g/mol. The van der Waals surface area contributed by atoms with Gasteiger partial charge in [0.25, 0.3) is 0 Å². The van der Waals surface area contributed by atoms with E-state index in [0.29, 0.717) is 18.7 Å². The van der Waals surface area contributed by atoms with Gasteiger partial charge in [-0.1, -0.05) is 18.2 Å². The third kappa shape index (κ3) is 2.58. The third-order valence-corrected chi connectivity index (χ3v) is 2.54. The minimum atomic E-state index is -0.888. The Balaban J connectivity index is 2.93. The van der Waals surface area contributed by atoms with Crippen LogP contribution in [0.5, 0.6) is 0 Å². The van der Waals surface area contributed by atoms with Crippen molar-refractivity contribution < 1.29 is 9.18 Å². The molecule has 0 unspecified atom stereocenters. The topological polar surface area (TPSA) is 55.1 Å². The van der Waals surface area contributed by atoms with E-state index in [4.69, 9.17) is 5.73 Å². The largest absolute Gasteiger partial charge is 0.354 e. The van der Waals surface area contributed by atoms with Gasteiger partial charge < -0.3 is 11.1 Å². The SMILES string of the molecule is CC(C)(C(=O)NCCN)c1ccccc1F. The van der Waals surface area contributed by atoms with Crippen LogP contribution in [0.25, 0.3) is 0 Å². The summed E-state index contributed by atoms with van der Waals surface area (Å²) >= 11 is 0. The minimum Gasteiger partial charge on any atom is -0.354 e. The highest BCUT2D eigenvalue weighted by Gasteiger charge is 2.31. The number of amides is 1. The molecule has 0 aliphatic rings. The van der Waals surface area contributed by atoms with Crippen molar-refractivity contribution in [2.75, 3.05) is 13.1 Å². The fourth-order valence-corrected chi connectivity index (χ4v) is 1.50. The second-order valence-electron chi connectivity index (χ2n) is 4.15. The van der Waals surface area contributed by atoms with E-state index in [0.717, 1.165) is 0 Å². The van der Waals surface area contributed by atoms with E-state index in [-0.39, 0.29) is 11.7 Å². The Morgan fingerprint density at radius 3 is 2.62 bits per heavy atom. The Kier molecular flexibility index (Phi) is 4.01. The second kappa shape index (κ2) is 5.07. The van der Waals surface area contributed by atoms with Crippen molar-refractivity contribution in [3.8, 4) is 0 Å². The summed E-state index contributed by atoms with van der Waals surface area (Å²) in [5.41, 5.74) is 4.80. The number of nitrogens with one attached hydrogen (secondary N) is 1. The molecule has 16 heavy (non-hydrogen) atoms. The van der Waals surface area contributed by atoms with Gasteiger partial charge in [-0.15, -0.1) is 0 Å². The molecule has 0 atom stereocenters. The second-order valence-corrected chi connectivity index (χ2v) is 4.15. The van der Waals surface area contributed by atoms with Crippen LogP contribution in [0.4, 0.5) is 4.39 Å². The lowest BCUT2D eigenvalue weighted by molar-refractivity contribution is -0.125. The molecule has 1 rings (SSSR count). The highest BCUT2D eigenvalue weighted by Crippen LogP contribution is 2.25. The molecule has 1 amide bonds. The first-order chi connectivity index (χ1) is 7.50. The third-order valence-electron chi connectivity index (χ3n) is 2.54. The maximum Gasteiger partial charge on any atom is 0.230 e. The molecule has 0 aliphatic heterocycles. The lowest BCUT2D eigenvalue weighted by Gasteiger charge is -2.24. The van der Waals surface area contributed by atoms with Crippen LogP contribution in [0.1, 0.15) is 19.4 Å². The van der Waals surface area contributed by atoms with E-state index in [1.807, 2.05) is 0 Å². The summed E-state index contributed by atoms with van der Waals surface area (Å²) in [7, 11) is 0. The Bertz CT molecular complexity index is 377. The molecule has 0 heterocycles. The van der Waals surface area contributed by atoms with Crippen LogP contribution in [-0.4, -0.2) is 19.0 Å². The maximum atomic E-state index is 13.6. The number of hydrogen-bond acceptors (Lipinski definition) is 2. The van der Waals surface area contributed by atoms with Crippen LogP contribution in [0.3, 0.4) is 0 Å². The summed E-state index contributed by atoms with van der Waals surface area (Å²) in [5.74, 6) is -0.585. The van der Waals surface area contributed by atoms with E-state index < -0.39 is 5.41 Å². The van der Waals surface area contributed by atoms with Crippen molar-refractivity contribution in [2.24, 2.45) is 5.73 Å². The van der Waals surface area contributed by atoms with Crippen molar-refractivity contribution >= 4 is 5.91 Å². The van der Waals surface area contributed by atoms with Gasteiger partial charge in [0.05, 0.1) is 5.41 Å². The molecule has 0 saturated carbocycles. The predicted molar refractivity (Wildman–Crippen MR) is 61.5 cm³/mol. The Labute approximate surface area is 94.8 Å². The zero-order chi connectivity index (χ0) is 12.2. The van der Waals surface area contributed by atoms with Crippen LogP contribution < -0.4 is 11.1 Å². The molecular formula is C12H17FN2O. The molecule has 3 N–H and O–H groups in total. The molecule has 0 aromatic heterocycles. The van der Waals surface area contributed by atoms with Gasteiger partial charge in [-0.05, 0) is 19.9 Å². The van der Waals surface area contributed by atoms with Crippen LogP contribution >= 0.6 is 0 Å². The summed E-state index contributed by atoms with van der Waals surface area (Å²) in [5, 5.41) is 2.67. The van der Waals surface area contributed by atoms with Gasteiger partial charge in [0.1, 0.15) is 5.82 Å². The van der Waals surface area contributed by atoms with E-state index in [9.17, 15) is 9.18 Å². The van der Waals surface area contributed by atoms with Gasteiger partial charge in [-0.25, -0.2) is 4.39 Å². The number of carbonyl (C=O) groups excluding carboxylic acids is 1. The first kappa shape index (κ1) is 12.6. The highest BCUT2D eigenvalue weighted by atomic mass is 19.1. The van der Waals surface area contributed by atoms with Crippen molar-refractivity contribution in [3.05, 3.63) is 35.6 Å². The van der Waals surface area contributed by atoms with Crippen molar-refractivity contribution in [3.63, 3.8) is 0 Å². The lowest BCUT2D eigenvalue weighted by atomic mass is 9.83. The summed E-state index contributed by atoms with van der Waals surface area (Å²) in [4.78, 5) is 11.8. The molecule has 0 spiro atoms. The average Bonchev–Trinajstić information content (AvgIpc) is 2.26. The summed E-state index contributed by atoms with van der Waals surface area (Å²) in [6.07, 6.45) is 0. The fourth-order valence-electron chi connectivity index (χ4n) is 1.50. The average molecular weight is 224 g/mol. The van der Waals surface area contributed by atoms with Crippen molar-refractivity contribution in [1.29, 1.82) is 0 Å². The first-order valence-corrected chi connectivity index (χ1v) is 5.23. The molecule has 3 nitrogen and oxygen atoms in total. The molecule has 1 aromatic carbocycles. The van der Waals surface area contributed by atoms with E-state index in [1.54, 1.807) is 32.0 Å². The quantitative estimate of drug-likeness (QED) is 0.806. The van der Waals surface area contributed by atoms with Crippen molar-refractivity contribution in [1.82, 2.24) is 5.32 Å². The fraction of sp³-hybridized carbons (Fsp3) is 0.417. The van der Waals surface area contributed by atoms with Gasteiger partial charge in [-0.2, -0.15) is 0 Å². The van der Waals surface area contributed by atoms with Crippen LogP contribution in [0.15, 0.2) is 24.3 Å². The Hall–Kier alpha value is -1.42. The number of rotatable bonds is 4. The standard InChI is InChI=1S/C12H17FN2O/c1-12(2,11(16)15-8-7-14)9-5-3-4-6-10(9)13/h3-6H,7-8,14H2,1-2H3,(H,15,16). The normalized spacial score (nSPS) is 11.2. The summed E-state index contributed by atoms with van der Waals surface area (Å²) in [6, 6.07) is 6.30. The van der Waals surface area contributed by atoms with Gasteiger partial charge in [0.2, 0.25) is 5.91 Å². The highest BCUT2D eigenvalue weighted by molar-refractivity contribution is 5.87. The zero-order valence-electron chi connectivity index (χ0n) is 9.59. The monoisotopic (exact) mass is 224 g/mol. The number of hydrogen-bond donors (Lipinski definition) is 2. The number of benzene rings is 1. The molecule has 0 fully saturated rings. The minimum absolute atomic E-state index is 0.219. The molecule has 1 aromatic rings. The Morgan fingerprint density at radius 2 is 2.06 bits per heavy atom. The predicted octanol–water partition coefficient (Wildman–Crippen LogP) is 1.18. The van der Waals surface area contributed by atoms with E-state index in [1.165, 1.54) is 6.07 Å². The van der Waals surface area contributed by atoms with Gasteiger partial charge in [0, 0.05) is 18.7 Å². The Morgan fingerprint density at radius 1 is 1.44 bits per heavy atom. The van der Waals surface area contributed by atoms with Gasteiger partial charge in [-0.3, -0.25) is 4.79 Å². The van der Waals surface area contributed by atoms with Crippen LogP contribution in [-0.2, 0) is 10.2 Å². The molecule has 88 valence electrons. The molecule has 0 aliphatic carbocycles. The molecule has 0 saturated heterocycles. The molecule has 4 heteroatoms. The van der Waals surface area contributed by atoms with E-state index in [2.05, 4.69) is 5.32 Å². The van der Waals surface area contributed by atoms with Gasteiger partial charge >= 0.3 is 0 Å². The first-order valence-electron chi connectivity index (χ1n) is 5.23. The van der Waals surface area contributed by atoms with Crippen molar-refractivity contribution in [2.45, 2.75) is 19.3 Å². The summed E-state index contributed by atoms with van der Waals surface area (Å²) in [6.45, 7) is 4.16. The van der Waals surface area contributed by atoms with Crippen LogP contribution in [0.2, 0.25) is 0 Å². The smallest absolute Gasteiger partial charge is 0.230 e. The maximum absolute atomic E-state index is 13.6. The zero-order valence-corrected chi connectivity index (χ0v) is 9.59. The number of nitrogens with two attached hydrogens (primary N) is 1.